The average molecular weight is 341 g/mol. The summed E-state index contributed by atoms with van der Waals surface area (Å²) in [7, 11) is 0. The van der Waals surface area contributed by atoms with Crippen LogP contribution in [0, 0.1) is 6.92 Å². The molecule has 0 spiro atoms. The number of halogens is 2. The van der Waals surface area contributed by atoms with Crippen LogP contribution in [0.25, 0.3) is 0 Å². The summed E-state index contributed by atoms with van der Waals surface area (Å²) in [6.45, 7) is 2.02. The molecule has 1 unspecified atom stereocenters. The van der Waals surface area contributed by atoms with Crippen molar-refractivity contribution < 1.29 is 5.11 Å². The van der Waals surface area contributed by atoms with Crippen LogP contribution in [-0.4, -0.2) is 11.7 Å². The largest absolute Gasteiger partial charge is 0.394 e. The van der Waals surface area contributed by atoms with Gasteiger partial charge >= 0.3 is 0 Å². The monoisotopic (exact) mass is 339 g/mol. The van der Waals surface area contributed by atoms with Crippen LogP contribution in [0.2, 0.25) is 5.02 Å². The molecule has 2 rings (SSSR count). The van der Waals surface area contributed by atoms with E-state index in [0.717, 1.165) is 15.7 Å². The smallest absolute Gasteiger partial charge is 0.0759 e. The molecule has 0 radical (unpaired) electrons. The van der Waals surface area contributed by atoms with Gasteiger partial charge in [0, 0.05) is 15.2 Å². The van der Waals surface area contributed by atoms with Gasteiger partial charge in [-0.1, -0.05) is 51.3 Å². The fourth-order valence-corrected chi connectivity index (χ4v) is 2.66. The molecular weight excluding hydrogens is 326 g/mol. The number of hydrogen-bond acceptors (Lipinski definition) is 2. The Morgan fingerprint density at radius 1 is 1.21 bits per heavy atom. The molecule has 0 aromatic heterocycles. The van der Waals surface area contributed by atoms with Gasteiger partial charge in [0.15, 0.2) is 0 Å². The van der Waals surface area contributed by atoms with Gasteiger partial charge in [-0.05, 0) is 36.8 Å². The Morgan fingerprint density at radius 2 is 1.89 bits per heavy atom. The lowest BCUT2D eigenvalue weighted by molar-refractivity contribution is 0.276. The van der Waals surface area contributed by atoms with Crippen molar-refractivity contribution in [1.29, 1.82) is 0 Å². The van der Waals surface area contributed by atoms with Gasteiger partial charge in [-0.25, -0.2) is 0 Å². The third kappa shape index (κ3) is 3.72. The number of rotatable bonds is 4. The molecule has 0 amide bonds. The summed E-state index contributed by atoms with van der Waals surface area (Å²) >= 11 is 9.59. The zero-order chi connectivity index (χ0) is 13.8. The van der Waals surface area contributed by atoms with Crippen LogP contribution in [0.3, 0.4) is 0 Å². The molecule has 4 heteroatoms. The van der Waals surface area contributed by atoms with Crippen LogP contribution in [0.4, 0.5) is 5.69 Å². The Balaban J connectivity index is 2.22. The lowest BCUT2D eigenvalue weighted by Gasteiger charge is -2.19. The normalized spacial score (nSPS) is 12.2. The number of hydrogen-bond donors (Lipinski definition) is 2. The fraction of sp³-hybridized carbons (Fsp3) is 0.200. The Hall–Kier alpha value is -1.03. The molecule has 2 nitrogen and oxygen atoms in total. The van der Waals surface area contributed by atoms with Gasteiger partial charge in [-0.2, -0.15) is 0 Å². The van der Waals surface area contributed by atoms with E-state index >= 15 is 0 Å². The SMILES string of the molecule is Cc1ccc(NC(CO)c2ccc(Br)cc2Cl)cc1. The Kier molecular flexibility index (Phi) is 4.86. The summed E-state index contributed by atoms with van der Waals surface area (Å²) in [5.41, 5.74) is 3.05. The summed E-state index contributed by atoms with van der Waals surface area (Å²) < 4.78 is 0.924. The predicted octanol–water partition coefficient (Wildman–Crippen LogP) is 4.56. The molecule has 0 aliphatic heterocycles. The van der Waals surface area contributed by atoms with Crippen LogP contribution < -0.4 is 5.32 Å². The van der Waals surface area contributed by atoms with Crippen molar-refractivity contribution in [3.63, 3.8) is 0 Å². The first kappa shape index (κ1) is 14.4. The van der Waals surface area contributed by atoms with Gasteiger partial charge in [0.05, 0.1) is 12.6 Å². The second-order valence-electron chi connectivity index (χ2n) is 4.41. The van der Waals surface area contributed by atoms with Crippen LogP contribution in [0.1, 0.15) is 17.2 Å². The van der Waals surface area contributed by atoms with Crippen LogP contribution in [0.15, 0.2) is 46.9 Å². The van der Waals surface area contributed by atoms with E-state index in [-0.39, 0.29) is 12.6 Å². The third-order valence-electron chi connectivity index (χ3n) is 2.91. The molecule has 0 saturated heterocycles. The summed E-state index contributed by atoms with van der Waals surface area (Å²) in [4.78, 5) is 0. The summed E-state index contributed by atoms with van der Waals surface area (Å²) in [5, 5.41) is 13.5. The van der Waals surface area contributed by atoms with Gasteiger partial charge in [-0.3, -0.25) is 0 Å². The van der Waals surface area contributed by atoms with Crippen LogP contribution >= 0.6 is 27.5 Å². The molecule has 0 bridgehead atoms. The highest BCUT2D eigenvalue weighted by Crippen LogP contribution is 2.28. The maximum atomic E-state index is 9.56. The lowest BCUT2D eigenvalue weighted by atomic mass is 10.1. The predicted molar refractivity (Wildman–Crippen MR) is 83.8 cm³/mol. The standard InChI is InChI=1S/C15H15BrClNO/c1-10-2-5-12(6-3-10)18-15(9-19)13-7-4-11(16)8-14(13)17/h2-8,15,18-19H,9H2,1H3. The Morgan fingerprint density at radius 3 is 2.47 bits per heavy atom. The minimum Gasteiger partial charge on any atom is -0.394 e. The zero-order valence-electron chi connectivity index (χ0n) is 10.5. The highest BCUT2D eigenvalue weighted by atomic mass is 79.9. The minimum atomic E-state index is -0.219. The molecule has 2 aromatic rings. The topological polar surface area (TPSA) is 32.3 Å². The van der Waals surface area contributed by atoms with E-state index in [2.05, 4.69) is 21.2 Å². The second-order valence-corrected chi connectivity index (χ2v) is 5.73. The molecule has 1 atom stereocenters. The third-order valence-corrected chi connectivity index (χ3v) is 3.73. The maximum absolute atomic E-state index is 9.56. The first-order valence-electron chi connectivity index (χ1n) is 5.99. The Bertz CT molecular complexity index is 557. The molecule has 2 N–H and O–H groups in total. The first-order chi connectivity index (χ1) is 9.10. The van der Waals surface area contributed by atoms with Gasteiger partial charge < -0.3 is 10.4 Å². The zero-order valence-corrected chi connectivity index (χ0v) is 12.9. The average Bonchev–Trinajstić information content (AvgIpc) is 2.39. The van der Waals surface area contributed by atoms with Crippen LogP contribution in [0.5, 0.6) is 0 Å². The van der Waals surface area contributed by atoms with Crippen molar-refractivity contribution in [2.45, 2.75) is 13.0 Å². The number of aliphatic hydroxyl groups is 1. The molecular formula is C15H15BrClNO. The van der Waals surface area contributed by atoms with E-state index in [0.29, 0.717) is 5.02 Å². The maximum Gasteiger partial charge on any atom is 0.0759 e. The molecule has 100 valence electrons. The number of nitrogens with one attached hydrogen (secondary N) is 1. The molecule has 0 fully saturated rings. The quantitative estimate of drug-likeness (QED) is 0.855. The number of aryl methyl sites for hydroxylation is 1. The molecule has 2 aromatic carbocycles. The molecule has 0 saturated carbocycles. The van der Waals surface area contributed by atoms with E-state index < -0.39 is 0 Å². The van der Waals surface area contributed by atoms with Crippen molar-refractivity contribution in [3.05, 3.63) is 63.1 Å². The van der Waals surface area contributed by atoms with Gasteiger partial charge in [-0.15, -0.1) is 0 Å². The molecule has 19 heavy (non-hydrogen) atoms. The number of benzene rings is 2. The van der Waals surface area contributed by atoms with Gasteiger partial charge in [0.1, 0.15) is 0 Å². The van der Waals surface area contributed by atoms with Gasteiger partial charge in [0.25, 0.3) is 0 Å². The Labute approximate surface area is 126 Å². The second kappa shape index (κ2) is 6.42. The van der Waals surface area contributed by atoms with Crippen molar-refractivity contribution >= 4 is 33.2 Å². The van der Waals surface area contributed by atoms with Crippen molar-refractivity contribution in [3.8, 4) is 0 Å². The summed E-state index contributed by atoms with van der Waals surface area (Å²) in [6, 6.07) is 13.5. The van der Waals surface area contributed by atoms with E-state index in [1.165, 1.54) is 5.56 Å². The van der Waals surface area contributed by atoms with Gasteiger partial charge in [0.2, 0.25) is 0 Å². The number of aliphatic hydroxyl groups excluding tert-OH is 1. The molecule has 0 heterocycles. The number of anilines is 1. The van der Waals surface area contributed by atoms with E-state index in [4.69, 9.17) is 11.6 Å². The first-order valence-corrected chi connectivity index (χ1v) is 7.16. The lowest BCUT2D eigenvalue weighted by Crippen LogP contribution is -2.15. The molecule has 0 aliphatic carbocycles. The highest BCUT2D eigenvalue weighted by Gasteiger charge is 2.13. The summed E-state index contributed by atoms with van der Waals surface area (Å²) in [6.07, 6.45) is 0. The van der Waals surface area contributed by atoms with Crippen molar-refractivity contribution in [2.24, 2.45) is 0 Å². The van der Waals surface area contributed by atoms with E-state index in [1.54, 1.807) is 0 Å². The van der Waals surface area contributed by atoms with Crippen molar-refractivity contribution in [2.75, 3.05) is 11.9 Å². The van der Waals surface area contributed by atoms with E-state index in [1.807, 2.05) is 49.4 Å². The van der Waals surface area contributed by atoms with Crippen LogP contribution in [-0.2, 0) is 0 Å². The van der Waals surface area contributed by atoms with Crippen molar-refractivity contribution in [1.82, 2.24) is 0 Å². The molecule has 0 aliphatic rings. The minimum absolute atomic E-state index is 0.0186. The fourth-order valence-electron chi connectivity index (χ4n) is 1.86. The highest BCUT2D eigenvalue weighted by molar-refractivity contribution is 9.10. The summed E-state index contributed by atoms with van der Waals surface area (Å²) in [5.74, 6) is 0. The van der Waals surface area contributed by atoms with E-state index in [9.17, 15) is 5.11 Å².